The molecule has 46 valence electrons. The fraction of sp³-hybridized carbons (Fsp3) is 0.667. The molecule has 1 rings (SSSR count). The van der Waals surface area contributed by atoms with Gasteiger partial charge in [0.2, 0.25) is 0 Å². The molecule has 1 atom stereocenters. The van der Waals surface area contributed by atoms with E-state index >= 15 is 0 Å². The minimum atomic E-state index is 0.250. The molecule has 1 aliphatic rings. The van der Waals surface area contributed by atoms with Crippen molar-refractivity contribution in [3.05, 3.63) is 12.3 Å². The summed E-state index contributed by atoms with van der Waals surface area (Å²) in [5.74, 6) is 0. The Hall–Kier alpha value is -0.500. The van der Waals surface area contributed by atoms with Crippen molar-refractivity contribution < 1.29 is 4.74 Å². The zero-order chi connectivity index (χ0) is 5.82. The van der Waals surface area contributed by atoms with Crippen molar-refractivity contribution >= 4 is 0 Å². The summed E-state index contributed by atoms with van der Waals surface area (Å²) in [6.45, 7) is 3.04. The van der Waals surface area contributed by atoms with E-state index in [0.717, 1.165) is 13.0 Å². The first-order valence-electron chi connectivity index (χ1n) is 2.97. The molecule has 0 aromatic carbocycles. The van der Waals surface area contributed by atoms with Crippen LogP contribution in [-0.2, 0) is 4.74 Å². The first kappa shape index (κ1) is 5.63. The molecular weight excluding hydrogens is 102 g/mol. The fourth-order valence-corrected chi connectivity index (χ4v) is 0.687. The maximum atomic E-state index is 5.14. The summed E-state index contributed by atoms with van der Waals surface area (Å²) in [5.41, 5.74) is 0. The summed E-state index contributed by atoms with van der Waals surface area (Å²) < 4.78 is 5.14. The van der Waals surface area contributed by atoms with E-state index in [1.54, 1.807) is 6.26 Å². The third-order valence-corrected chi connectivity index (χ3v) is 1.17. The Morgan fingerprint density at radius 3 is 3.12 bits per heavy atom. The van der Waals surface area contributed by atoms with Gasteiger partial charge in [-0.05, 0) is 12.5 Å². The second-order valence-corrected chi connectivity index (χ2v) is 1.81. The van der Waals surface area contributed by atoms with Crippen LogP contribution < -0.4 is 5.32 Å². The second kappa shape index (κ2) is 2.72. The predicted octanol–water partition coefficient (Wildman–Crippen LogP) is 0.856. The van der Waals surface area contributed by atoms with Crippen molar-refractivity contribution in [2.75, 3.05) is 6.54 Å². The molecular formula is C6H11NO. The third kappa shape index (κ3) is 1.23. The highest BCUT2D eigenvalue weighted by Crippen LogP contribution is 1.97. The average molecular weight is 113 g/mol. The molecule has 0 aromatic heterocycles. The molecule has 0 saturated heterocycles. The van der Waals surface area contributed by atoms with Crippen LogP contribution in [-0.4, -0.2) is 12.8 Å². The molecule has 0 aromatic rings. The maximum Gasteiger partial charge on any atom is 0.149 e. The summed E-state index contributed by atoms with van der Waals surface area (Å²) in [5, 5.41) is 3.16. The van der Waals surface area contributed by atoms with Crippen molar-refractivity contribution in [1.82, 2.24) is 5.32 Å². The fourth-order valence-electron chi connectivity index (χ4n) is 0.687. The lowest BCUT2D eigenvalue weighted by Crippen LogP contribution is -2.32. The summed E-state index contributed by atoms with van der Waals surface area (Å²) in [6.07, 6.45) is 5.00. The zero-order valence-corrected chi connectivity index (χ0v) is 5.05. The van der Waals surface area contributed by atoms with Crippen molar-refractivity contribution in [2.24, 2.45) is 0 Å². The van der Waals surface area contributed by atoms with Gasteiger partial charge in [-0.15, -0.1) is 0 Å². The Kier molecular flexibility index (Phi) is 1.92. The van der Waals surface area contributed by atoms with E-state index in [9.17, 15) is 0 Å². The number of ether oxygens (including phenoxy) is 1. The molecule has 0 fully saturated rings. The van der Waals surface area contributed by atoms with Gasteiger partial charge in [-0.25, -0.2) is 0 Å². The molecule has 2 heteroatoms. The van der Waals surface area contributed by atoms with Crippen LogP contribution in [0.4, 0.5) is 0 Å². The molecule has 0 amide bonds. The van der Waals surface area contributed by atoms with Crippen LogP contribution in [0.5, 0.6) is 0 Å². The standard InChI is InChI=1S/C6H11NO/c1-2-6-7-4-3-5-8-6/h3,5-7H,2,4H2,1H3. The van der Waals surface area contributed by atoms with Crippen molar-refractivity contribution in [2.45, 2.75) is 19.6 Å². The number of nitrogens with one attached hydrogen (secondary N) is 1. The van der Waals surface area contributed by atoms with Crippen LogP contribution in [0.15, 0.2) is 12.3 Å². The van der Waals surface area contributed by atoms with Gasteiger partial charge in [0.15, 0.2) is 0 Å². The van der Waals surface area contributed by atoms with Crippen molar-refractivity contribution in [3.8, 4) is 0 Å². The van der Waals surface area contributed by atoms with E-state index in [1.165, 1.54) is 0 Å². The Balaban J connectivity index is 2.27. The Bertz CT molecular complexity index is 90.5. The van der Waals surface area contributed by atoms with Gasteiger partial charge >= 0.3 is 0 Å². The lowest BCUT2D eigenvalue weighted by Gasteiger charge is -2.18. The van der Waals surface area contributed by atoms with Gasteiger partial charge in [-0.1, -0.05) is 6.92 Å². The van der Waals surface area contributed by atoms with Crippen LogP contribution in [0, 0.1) is 0 Å². The van der Waals surface area contributed by atoms with E-state index in [0.29, 0.717) is 0 Å². The largest absolute Gasteiger partial charge is 0.483 e. The quantitative estimate of drug-likeness (QED) is 0.544. The average Bonchev–Trinajstić information content (AvgIpc) is 1.90. The molecule has 1 N–H and O–H groups in total. The van der Waals surface area contributed by atoms with Crippen LogP contribution in [0.1, 0.15) is 13.3 Å². The summed E-state index contributed by atoms with van der Waals surface area (Å²) >= 11 is 0. The molecule has 1 unspecified atom stereocenters. The van der Waals surface area contributed by atoms with Gasteiger partial charge in [0.05, 0.1) is 6.26 Å². The smallest absolute Gasteiger partial charge is 0.149 e. The Labute approximate surface area is 49.5 Å². The highest BCUT2D eigenvalue weighted by atomic mass is 16.5. The van der Waals surface area contributed by atoms with E-state index in [4.69, 9.17) is 4.74 Å². The van der Waals surface area contributed by atoms with Crippen LogP contribution in [0.3, 0.4) is 0 Å². The van der Waals surface area contributed by atoms with Crippen LogP contribution >= 0.6 is 0 Å². The van der Waals surface area contributed by atoms with Gasteiger partial charge in [0, 0.05) is 6.54 Å². The lowest BCUT2D eigenvalue weighted by molar-refractivity contribution is 0.0995. The summed E-state index contributed by atoms with van der Waals surface area (Å²) in [4.78, 5) is 0. The monoisotopic (exact) mass is 113 g/mol. The SMILES string of the molecule is CCC1NCC=CO1. The second-order valence-electron chi connectivity index (χ2n) is 1.81. The molecule has 0 radical (unpaired) electrons. The molecule has 2 nitrogen and oxygen atoms in total. The first-order valence-corrected chi connectivity index (χ1v) is 2.97. The van der Waals surface area contributed by atoms with E-state index < -0.39 is 0 Å². The molecule has 8 heavy (non-hydrogen) atoms. The highest BCUT2D eigenvalue weighted by molar-refractivity contribution is 4.82. The van der Waals surface area contributed by atoms with Gasteiger partial charge in [0.1, 0.15) is 6.23 Å². The lowest BCUT2D eigenvalue weighted by atomic mass is 10.4. The van der Waals surface area contributed by atoms with Crippen LogP contribution in [0.2, 0.25) is 0 Å². The molecule has 0 saturated carbocycles. The van der Waals surface area contributed by atoms with Crippen molar-refractivity contribution in [3.63, 3.8) is 0 Å². The number of rotatable bonds is 1. The maximum absolute atomic E-state index is 5.14. The molecule has 1 heterocycles. The summed E-state index contributed by atoms with van der Waals surface area (Å²) in [6, 6.07) is 0. The van der Waals surface area contributed by atoms with E-state index in [2.05, 4.69) is 12.2 Å². The van der Waals surface area contributed by atoms with Gasteiger partial charge in [-0.2, -0.15) is 0 Å². The third-order valence-electron chi connectivity index (χ3n) is 1.17. The topological polar surface area (TPSA) is 21.3 Å². The zero-order valence-electron chi connectivity index (χ0n) is 5.05. The number of hydrogen-bond donors (Lipinski definition) is 1. The molecule has 1 aliphatic heterocycles. The van der Waals surface area contributed by atoms with E-state index in [1.807, 2.05) is 6.08 Å². The summed E-state index contributed by atoms with van der Waals surface area (Å²) in [7, 11) is 0. The van der Waals surface area contributed by atoms with Crippen LogP contribution in [0.25, 0.3) is 0 Å². The minimum absolute atomic E-state index is 0.250. The Morgan fingerprint density at radius 2 is 2.75 bits per heavy atom. The normalized spacial score (nSPS) is 27.4. The van der Waals surface area contributed by atoms with Gasteiger partial charge < -0.3 is 4.74 Å². The van der Waals surface area contributed by atoms with Crippen molar-refractivity contribution in [1.29, 1.82) is 0 Å². The highest BCUT2D eigenvalue weighted by Gasteiger charge is 2.03. The van der Waals surface area contributed by atoms with Gasteiger partial charge in [-0.3, -0.25) is 5.32 Å². The predicted molar refractivity (Wildman–Crippen MR) is 32.3 cm³/mol. The molecule has 0 bridgehead atoms. The van der Waals surface area contributed by atoms with E-state index in [-0.39, 0.29) is 6.23 Å². The number of hydrogen-bond acceptors (Lipinski definition) is 2. The molecule has 0 aliphatic carbocycles. The Morgan fingerprint density at radius 1 is 1.88 bits per heavy atom. The first-order chi connectivity index (χ1) is 3.93. The van der Waals surface area contributed by atoms with Gasteiger partial charge in [0.25, 0.3) is 0 Å². The molecule has 0 spiro atoms. The minimum Gasteiger partial charge on any atom is -0.483 e.